The van der Waals surface area contributed by atoms with E-state index < -0.39 is 0 Å². The van der Waals surface area contributed by atoms with Gasteiger partial charge in [-0.25, -0.2) is 4.36 Å². The van der Waals surface area contributed by atoms with Crippen molar-refractivity contribution >= 4 is 12.4 Å². The highest BCUT2D eigenvalue weighted by molar-refractivity contribution is 7.47. The molecule has 130 valence electrons. The molecular weight excluding hydrogens is 286 g/mol. The van der Waals surface area contributed by atoms with Crippen molar-refractivity contribution in [3.8, 4) is 0 Å². The Balaban J connectivity index is 3.22. The van der Waals surface area contributed by atoms with E-state index >= 15 is 0 Å². The summed E-state index contributed by atoms with van der Waals surface area (Å²) in [5.74, 6) is 0.648. The molecule has 0 rings (SSSR count). The SMILES string of the molecule is CCCCCCCCC=CCCCCCCC(C)C(C)N=S. The fraction of sp³-hybridized carbons (Fsp3) is 0.900. The largest absolute Gasteiger partial charge is 0.216 e. The second-order valence-electron chi connectivity index (χ2n) is 6.84. The molecule has 0 heterocycles. The molecule has 0 aliphatic carbocycles. The van der Waals surface area contributed by atoms with Crippen LogP contribution < -0.4 is 0 Å². The van der Waals surface area contributed by atoms with E-state index in [2.05, 4.69) is 37.3 Å². The van der Waals surface area contributed by atoms with Crippen LogP contribution in [0.1, 0.15) is 104 Å². The second-order valence-corrected chi connectivity index (χ2v) is 7.05. The minimum Gasteiger partial charge on any atom is -0.216 e. The van der Waals surface area contributed by atoms with Gasteiger partial charge in [-0.1, -0.05) is 77.4 Å². The summed E-state index contributed by atoms with van der Waals surface area (Å²) in [5, 5.41) is 0. The van der Waals surface area contributed by atoms with Crippen LogP contribution in [0.25, 0.3) is 0 Å². The summed E-state index contributed by atoms with van der Waals surface area (Å²) < 4.78 is 3.95. The lowest BCUT2D eigenvalue weighted by Crippen LogP contribution is -2.10. The molecule has 0 radical (unpaired) electrons. The Kier molecular flexibility index (Phi) is 16.9. The molecule has 0 bridgehead atoms. The molecule has 0 aliphatic heterocycles. The Morgan fingerprint density at radius 3 is 1.82 bits per heavy atom. The number of nitrogens with zero attached hydrogens (tertiary/aromatic N) is 1. The van der Waals surface area contributed by atoms with E-state index in [-0.39, 0.29) is 0 Å². The average molecular weight is 326 g/mol. The molecule has 0 aromatic carbocycles. The van der Waals surface area contributed by atoms with Crippen LogP contribution in [-0.2, 0) is 12.4 Å². The highest BCUT2D eigenvalue weighted by atomic mass is 32.1. The van der Waals surface area contributed by atoms with Gasteiger partial charge in [-0.3, -0.25) is 0 Å². The van der Waals surface area contributed by atoms with Gasteiger partial charge >= 0.3 is 0 Å². The Hall–Kier alpha value is -0.240. The van der Waals surface area contributed by atoms with Gasteiger partial charge in [0.15, 0.2) is 0 Å². The molecule has 0 saturated carbocycles. The zero-order valence-corrected chi connectivity index (χ0v) is 16.2. The van der Waals surface area contributed by atoms with Crippen LogP contribution in [-0.4, -0.2) is 6.04 Å². The predicted octanol–water partition coefficient (Wildman–Crippen LogP) is 7.39. The molecule has 0 amide bonds. The second kappa shape index (κ2) is 17.1. The summed E-state index contributed by atoms with van der Waals surface area (Å²) >= 11 is 4.77. The smallest absolute Gasteiger partial charge is 0.0628 e. The first kappa shape index (κ1) is 21.8. The van der Waals surface area contributed by atoms with E-state index in [1.54, 1.807) is 0 Å². The molecule has 2 heteroatoms. The maximum Gasteiger partial charge on any atom is 0.0628 e. The molecule has 0 saturated heterocycles. The molecular formula is C20H39NS. The number of allylic oxidation sites excluding steroid dienone is 2. The van der Waals surface area contributed by atoms with Gasteiger partial charge in [-0.05, 0) is 44.9 Å². The van der Waals surface area contributed by atoms with Gasteiger partial charge in [0.1, 0.15) is 0 Å². The van der Waals surface area contributed by atoms with Crippen molar-refractivity contribution in [2.75, 3.05) is 0 Å². The van der Waals surface area contributed by atoms with Gasteiger partial charge in [0, 0.05) is 12.4 Å². The Morgan fingerprint density at radius 1 is 0.773 bits per heavy atom. The zero-order chi connectivity index (χ0) is 16.5. The molecule has 0 spiro atoms. The van der Waals surface area contributed by atoms with Crippen LogP contribution in [0.15, 0.2) is 16.5 Å². The van der Waals surface area contributed by atoms with Gasteiger partial charge in [0.25, 0.3) is 0 Å². The lowest BCUT2D eigenvalue weighted by Gasteiger charge is -2.13. The first-order chi connectivity index (χ1) is 10.7. The zero-order valence-electron chi connectivity index (χ0n) is 15.4. The summed E-state index contributed by atoms with van der Waals surface area (Å²) in [7, 11) is 0. The van der Waals surface area contributed by atoms with Crippen molar-refractivity contribution < 1.29 is 0 Å². The first-order valence-corrected chi connectivity index (χ1v) is 10.1. The number of hydrogen-bond donors (Lipinski definition) is 0. The normalized spacial score (nSPS) is 14.3. The van der Waals surface area contributed by atoms with Crippen LogP contribution in [0.4, 0.5) is 0 Å². The number of hydrogen-bond acceptors (Lipinski definition) is 2. The van der Waals surface area contributed by atoms with Gasteiger partial charge in [0.05, 0.1) is 6.04 Å². The van der Waals surface area contributed by atoms with Crippen molar-refractivity contribution in [3.05, 3.63) is 12.2 Å². The minimum absolute atomic E-state index is 0.347. The van der Waals surface area contributed by atoms with Crippen molar-refractivity contribution in [2.45, 2.75) is 110 Å². The molecule has 22 heavy (non-hydrogen) atoms. The molecule has 0 aromatic heterocycles. The van der Waals surface area contributed by atoms with Gasteiger partial charge in [-0.15, -0.1) is 0 Å². The fourth-order valence-corrected chi connectivity index (χ4v) is 2.91. The Labute approximate surface area is 145 Å². The predicted molar refractivity (Wildman–Crippen MR) is 103 cm³/mol. The first-order valence-electron chi connectivity index (χ1n) is 9.69. The van der Waals surface area contributed by atoms with Crippen molar-refractivity contribution in [1.82, 2.24) is 0 Å². The van der Waals surface area contributed by atoms with E-state index in [0.717, 1.165) is 0 Å². The number of rotatable bonds is 16. The average Bonchev–Trinajstić information content (AvgIpc) is 2.54. The molecule has 0 aliphatic rings. The van der Waals surface area contributed by atoms with Crippen LogP contribution in [0.2, 0.25) is 0 Å². The summed E-state index contributed by atoms with van der Waals surface area (Å²) in [4.78, 5) is 0. The van der Waals surface area contributed by atoms with Gasteiger partial charge < -0.3 is 0 Å². The van der Waals surface area contributed by atoms with E-state index in [4.69, 9.17) is 12.4 Å². The third-order valence-electron chi connectivity index (χ3n) is 4.66. The number of unbranched alkanes of at least 4 members (excludes halogenated alkanes) is 10. The Morgan fingerprint density at radius 2 is 1.27 bits per heavy atom. The third-order valence-corrected chi connectivity index (χ3v) is 4.99. The van der Waals surface area contributed by atoms with E-state index in [1.807, 2.05) is 0 Å². The van der Waals surface area contributed by atoms with Crippen LogP contribution in [0, 0.1) is 5.92 Å². The summed E-state index contributed by atoms with van der Waals surface area (Å²) in [6.07, 6.45) is 22.4. The monoisotopic (exact) mass is 325 g/mol. The third kappa shape index (κ3) is 14.7. The fourth-order valence-electron chi connectivity index (χ4n) is 2.71. The molecule has 0 fully saturated rings. The molecule has 2 atom stereocenters. The van der Waals surface area contributed by atoms with Crippen LogP contribution >= 0.6 is 0 Å². The van der Waals surface area contributed by atoms with Crippen LogP contribution in [0.3, 0.4) is 0 Å². The highest BCUT2D eigenvalue weighted by Crippen LogP contribution is 2.16. The van der Waals surface area contributed by atoms with E-state index in [1.165, 1.54) is 83.5 Å². The van der Waals surface area contributed by atoms with Crippen molar-refractivity contribution in [2.24, 2.45) is 10.3 Å². The molecule has 1 nitrogen and oxygen atoms in total. The topological polar surface area (TPSA) is 12.4 Å². The highest BCUT2D eigenvalue weighted by Gasteiger charge is 2.09. The lowest BCUT2D eigenvalue weighted by molar-refractivity contribution is 0.430. The van der Waals surface area contributed by atoms with Crippen molar-refractivity contribution in [1.29, 1.82) is 0 Å². The van der Waals surface area contributed by atoms with Gasteiger partial charge in [0.2, 0.25) is 0 Å². The molecule has 0 N–H and O–H groups in total. The summed E-state index contributed by atoms with van der Waals surface area (Å²) in [5.41, 5.74) is 0. The quantitative estimate of drug-likeness (QED) is 0.213. The summed E-state index contributed by atoms with van der Waals surface area (Å²) in [6.45, 7) is 6.68. The van der Waals surface area contributed by atoms with E-state index in [9.17, 15) is 0 Å². The minimum atomic E-state index is 0.347. The lowest BCUT2D eigenvalue weighted by atomic mass is 9.97. The molecule has 0 aromatic rings. The Bertz CT molecular complexity index is 262. The van der Waals surface area contributed by atoms with Crippen LogP contribution in [0.5, 0.6) is 0 Å². The van der Waals surface area contributed by atoms with Gasteiger partial charge in [-0.2, -0.15) is 0 Å². The standard InChI is InChI=1S/C20H39NS/c1-4-5-6-7-8-9-10-11-12-13-14-15-16-17-18-19(2)20(3)21-22/h11-12,19-20H,4-10,13-18H2,1-3H3. The van der Waals surface area contributed by atoms with E-state index in [0.29, 0.717) is 12.0 Å². The van der Waals surface area contributed by atoms with Crippen molar-refractivity contribution in [3.63, 3.8) is 0 Å². The maximum absolute atomic E-state index is 4.77. The maximum atomic E-state index is 4.77. The summed E-state index contributed by atoms with van der Waals surface area (Å²) in [6, 6.07) is 0.347. The molecule has 2 unspecified atom stereocenters.